The van der Waals surface area contributed by atoms with Gasteiger partial charge in [0, 0.05) is 6.04 Å². The molecule has 0 amide bonds. The van der Waals surface area contributed by atoms with Crippen molar-refractivity contribution in [2.45, 2.75) is 57.5 Å². The van der Waals surface area contributed by atoms with Crippen LogP contribution in [0.5, 0.6) is 0 Å². The van der Waals surface area contributed by atoms with E-state index in [1.165, 1.54) is 4.31 Å². The molecule has 2 aliphatic rings. The zero-order valence-electron chi connectivity index (χ0n) is 12.7. The fourth-order valence-corrected chi connectivity index (χ4v) is 5.47. The predicted molar refractivity (Wildman–Crippen MR) is 78.7 cm³/mol. The SMILES string of the molecule is CCOC(=O)CCS(=O)(=O)N1C(C(=O)O)CC2CCCCC21. The summed E-state index contributed by atoms with van der Waals surface area (Å²) in [5, 5.41) is 9.36. The second-order valence-corrected chi connectivity index (χ2v) is 7.90. The molecule has 0 aromatic rings. The van der Waals surface area contributed by atoms with E-state index in [1.54, 1.807) is 6.92 Å². The van der Waals surface area contributed by atoms with Crippen LogP contribution in [0.1, 0.15) is 45.4 Å². The van der Waals surface area contributed by atoms with Gasteiger partial charge in [0.1, 0.15) is 6.04 Å². The van der Waals surface area contributed by atoms with Crippen molar-refractivity contribution in [3.8, 4) is 0 Å². The molecule has 2 rings (SSSR count). The summed E-state index contributed by atoms with van der Waals surface area (Å²) in [6.45, 7) is 1.85. The van der Waals surface area contributed by atoms with Gasteiger partial charge in [-0.15, -0.1) is 0 Å². The maximum atomic E-state index is 12.6. The van der Waals surface area contributed by atoms with Gasteiger partial charge in [-0.2, -0.15) is 4.31 Å². The quantitative estimate of drug-likeness (QED) is 0.727. The van der Waals surface area contributed by atoms with Crippen LogP contribution in [-0.2, 0) is 24.3 Å². The molecule has 1 saturated heterocycles. The van der Waals surface area contributed by atoms with Crippen molar-refractivity contribution in [3.05, 3.63) is 0 Å². The van der Waals surface area contributed by atoms with Gasteiger partial charge in [-0.05, 0) is 32.1 Å². The van der Waals surface area contributed by atoms with Crippen molar-refractivity contribution in [2.24, 2.45) is 5.92 Å². The molecule has 2 fully saturated rings. The lowest BCUT2D eigenvalue weighted by Gasteiger charge is -2.32. The normalized spacial score (nSPS) is 29.0. The Hall–Kier alpha value is -1.15. The first-order valence-corrected chi connectivity index (χ1v) is 9.37. The average Bonchev–Trinajstić information content (AvgIpc) is 2.86. The van der Waals surface area contributed by atoms with E-state index in [0.717, 1.165) is 19.3 Å². The van der Waals surface area contributed by atoms with E-state index < -0.39 is 33.8 Å². The minimum atomic E-state index is -3.79. The Balaban J connectivity index is 2.14. The molecule has 3 unspecified atom stereocenters. The Labute approximate surface area is 130 Å². The van der Waals surface area contributed by atoms with E-state index in [0.29, 0.717) is 12.8 Å². The highest BCUT2D eigenvalue weighted by atomic mass is 32.2. The number of nitrogens with zero attached hydrogens (tertiary/aromatic N) is 1. The highest BCUT2D eigenvalue weighted by molar-refractivity contribution is 7.89. The van der Waals surface area contributed by atoms with Gasteiger partial charge in [-0.1, -0.05) is 12.8 Å². The Morgan fingerprint density at radius 1 is 1.27 bits per heavy atom. The molecule has 0 spiro atoms. The summed E-state index contributed by atoms with van der Waals surface area (Å²) >= 11 is 0. The zero-order chi connectivity index (χ0) is 16.3. The molecule has 1 aliphatic carbocycles. The van der Waals surface area contributed by atoms with Crippen LogP contribution in [0.15, 0.2) is 0 Å². The monoisotopic (exact) mass is 333 g/mol. The molecule has 7 nitrogen and oxygen atoms in total. The van der Waals surface area contributed by atoms with Gasteiger partial charge in [-0.3, -0.25) is 9.59 Å². The van der Waals surface area contributed by atoms with E-state index in [9.17, 15) is 23.1 Å². The third kappa shape index (κ3) is 3.60. The summed E-state index contributed by atoms with van der Waals surface area (Å²) in [5.41, 5.74) is 0. The largest absolute Gasteiger partial charge is 0.480 e. The van der Waals surface area contributed by atoms with Crippen LogP contribution >= 0.6 is 0 Å². The maximum absolute atomic E-state index is 12.6. The Morgan fingerprint density at radius 3 is 2.59 bits per heavy atom. The number of ether oxygens (including phenoxy) is 1. The molecule has 1 N–H and O–H groups in total. The van der Waals surface area contributed by atoms with E-state index in [-0.39, 0.29) is 25.0 Å². The topological polar surface area (TPSA) is 101 Å². The molecular formula is C14H23NO6S. The highest BCUT2D eigenvalue weighted by Gasteiger charge is 2.50. The number of carboxylic acids is 1. The number of esters is 1. The van der Waals surface area contributed by atoms with Crippen molar-refractivity contribution in [3.63, 3.8) is 0 Å². The minimum Gasteiger partial charge on any atom is -0.480 e. The van der Waals surface area contributed by atoms with Crippen molar-refractivity contribution >= 4 is 22.0 Å². The molecule has 0 aromatic carbocycles. The predicted octanol–water partition coefficient (Wildman–Crippen LogP) is 0.987. The van der Waals surface area contributed by atoms with Crippen molar-refractivity contribution in [2.75, 3.05) is 12.4 Å². The molecule has 22 heavy (non-hydrogen) atoms. The number of carbonyl (C=O) groups excluding carboxylic acids is 1. The molecule has 0 bridgehead atoms. The molecule has 1 saturated carbocycles. The second kappa shape index (κ2) is 6.95. The summed E-state index contributed by atoms with van der Waals surface area (Å²) in [6.07, 6.45) is 3.64. The fraction of sp³-hybridized carbons (Fsp3) is 0.857. The van der Waals surface area contributed by atoms with Crippen LogP contribution in [0, 0.1) is 5.92 Å². The van der Waals surface area contributed by atoms with Crippen LogP contribution < -0.4 is 0 Å². The number of aliphatic carboxylic acids is 1. The summed E-state index contributed by atoms with van der Waals surface area (Å²) in [4.78, 5) is 22.8. The number of rotatable bonds is 6. The van der Waals surface area contributed by atoms with Gasteiger partial charge in [-0.25, -0.2) is 8.42 Å². The van der Waals surface area contributed by atoms with Crippen molar-refractivity contribution < 1.29 is 27.9 Å². The summed E-state index contributed by atoms with van der Waals surface area (Å²) in [5.74, 6) is -1.95. The zero-order valence-corrected chi connectivity index (χ0v) is 13.5. The molecule has 126 valence electrons. The van der Waals surface area contributed by atoms with Gasteiger partial charge >= 0.3 is 11.9 Å². The number of carboxylic acid groups (broad SMARTS) is 1. The Bertz CT molecular complexity index is 531. The molecule has 3 atom stereocenters. The maximum Gasteiger partial charge on any atom is 0.322 e. The fourth-order valence-electron chi connectivity index (χ4n) is 3.58. The summed E-state index contributed by atoms with van der Waals surface area (Å²) in [6, 6.07) is -1.23. The number of carbonyl (C=O) groups is 2. The van der Waals surface area contributed by atoms with E-state index >= 15 is 0 Å². The average molecular weight is 333 g/mol. The van der Waals surface area contributed by atoms with Crippen LogP contribution in [0.25, 0.3) is 0 Å². The lowest BCUT2D eigenvalue weighted by Crippen LogP contribution is -2.47. The van der Waals surface area contributed by atoms with E-state index in [1.807, 2.05) is 0 Å². The van der Waals surface area contributed by atoms with Crippen LogP contribution in [0.2, 0.25) is 0 Å². The van der Waals surface area contributed by atoms with Crippen LogP contribution in [0.3, 0.4) is 0 Å². The number of hydrogen-bond acceptors (Lipinski definition) is 5. The smallest absolute Gasteiger partial charge is 0.322 e. The third-order valence-corrected chi connectivity index (χ3v) is 6.39. The molecule has 1 aliphatic heterocycles. The Morgan fingerprint density at radius 2 is 1.95 bits per heavy atom. The molecule has 0 aromatic heterocycles. The van der Waals surface area contributed by atoms with Gasteiger partial charge in [0.05, 0.1) is 18.8 Å². The van der Waals surface area contributed by atoms with E-state index in [2.05, 4.69) is 0 Å². The molecule has 1 heterocycles. The third-order valence-electron chi connectivity index (χ3n) is 4.50. The number of hydrogen-bond donors (Lipinski definition) is 1. The first-order chi connectivity index (χ1) is 10.4. The van der Waals surface area contributed by atoms with Gasteiger partial charge in [0.25, 0.3) is 0 Å². The lowest BCUT2D eigenvalue weighted by atomic mass is 9.85. The molecule has 0 radical (unpaired) electrons. The highest BCUT2D eigenvalue weighted by Crippen LogP contribution is 2.41. The molecular weight excluding hydrogens is 310 g/mol. The van der Waals surface area contributed by atoms with Gasteiger partial charge in [0.15, 0.2) is 0 Å². The second-order valence-electron chi connectivity index (χ2n) is 5.90. The Kier molecular flexibility index (Phi) is 5.44. The summed E-state index contributed by atoms with van der Waals surface area (Å²) < 4.78 is 31.0. The standard InChI is InChI=1S/C14H23NO6S/c1-2-21-13(16)7-8-22(19,20)15-11-6-4-3-5-10(11)9-12(15)14(17)18/h10-12H,2-9H2,1H3,(H,17,18). The minimum absolute atomic E-state index is 0.118. The molecule has 8 heteroatoms. The van der Waals surface area contributed by atoms with Crippen LogP contribution in [0.4, 0.5) is 0 Å². The summed E-state index contributed by atoms with van der Waals surface area (Å²) in [7, 11) is -3.79. The van der Waals surface area contributed by atoms with Gasteiger partial charge < -0.3 is 9.84 Å². The number of sulfonamides is 1. The van der Waals surface area contributed by atoms with Crippen LogP contribution in [-0.4, -0.2) is 54.2 Å². The van der Waals surface area contributed by atoms with Crippen molar-refractivity contribution in [1.29, 1.82) is 0 Å². The lowest BCUT2D eigenvalue weighted by molar-refractivity contribution is -0.142. The first kappa shape index (κ1) is 17.2. The first-order valence-electron chi connectivity index (χ1n) is 7.76. The van der Waals surface area contributed by atoms with Gasteiger partial charge in [0.2, 0.25) is 10.0 Å². The van der Waals surface area contributed by atoms with Crippen molar-refractivity contribution in [1.82, 2.24) is 4.31 Å². The van der Waals surface area contributed by atoms with E-state index in [4.69, 9.17) is 4.74 Å². The number of fused-ring (bicyclic) bond motifs is 1.